The number of anilines is 1. The molecule has 2 atom stereocenters. The number of likely N-dealkylation sites (N-methyl/N-ethyl adjacent to an activating group) is 1. The first-order valence-electron chi connectivity index (χ1n) is 10.9. The third-order valence-corrected chi connectivity index (χ3v) is 8.83. The van der Waals surface area contributed by atoms with E-state index in [0.717, 1.165) is 15.2 Å². The fourth-order valence-corrected chi connectivity index (χ4v) is 6.35. The first-order chi connectivity index (χ1) is 17.0. The lowest BCUT2D eigenvalue weighted by Crippen LogP contribution is -2.55. The number of halogens is 2. The number of amides is 1. The van der Waals surface area contributed by atoms with Gasteiger partial charge in [0.05, 0.1) is 28.0 Å². The summed E-state index contributed by atoms with van der Waals surface area (Å²) in [7, 11) is -2.64. The van der Waals surface area contributed by atoms with Crippen LogP contribution in [-0.4, -0.2) is 52.3 Å². The van der Waals surface area contributed by atoms with Crippen LogP contribution in [0.2, 0.25) is 5.02 Å². The fraction of sp³-hybridized carbons (Fsp3) is 0.318. The molecule has 1 fully saturated rings. The molecule has 1 aromatic carbocycles. The van der Waals surface area contributed by atoms with E-state index in [1.807, 2.05) is 6.07 Å². The normalized spacial score (nSPS) is 19.8. The van der Waals surface area contributed by atoms with Crippen molar-refractivity contribution >= 4 is 50.7 Å². The van der Waals surface area contributed by atoms with E-state index < -0.39 is 40.0 Å². The first-order valence-corrected chi connectivity index (χ1v) is 13.5. The molecule has 0 radical (unpaired) electrons. The molecule has 10 nitrogen and oxygen atoms in total. The van der Waals surface area contributed by atoms with Crippen molar-refractivity contribution in [3.05, 3.63) is 58.6 Å². The standard InChI is InChI=1S/C22H23ClFN5O5S2/c1-28-18(22(32)26-13-4-5-15(24)14(23)9-13)10-16(27-36(28,33)34)19-6-7-20(35-19)17-11-29(12-25-17)8-2-3-21(30)31/h4-7,9,11-12,16,18,27H,2-3,8,10H2,1H3,(H,26,32)(H,30,31). The average molecular weight is 556 g/mol. The summed E-state index contributed by atoms with van der Waals surface area (Å²) in [6.45, 7) is 0.516. The molecule has 36 heavy (non-hydrogen) atoms. The van der Waals surface area contributed by atoms with Gasteiger partial charge in [-0.2, -0.15) is 17.4 Å². The van der Waals surface area contributed by atoms with Crippen LogP contribution >= 0.6 is 22.9 Å². The quantitative estimate of drug-likeness (QED) is 0.389. The Balaban J connectivity index is 1.49. The predicted molar refractivity (Wildman–Crippen MR) is 133 cm³/mol. The minimum absolute atomic E-state index is 0.0654. The number of carbonyl (C=O) groups excluding carboxylic acids is 1. The number of nitrogens with one attached hydrogen (secondary N) is 2. The summed E-state index contributed by atoms with van der Waals surface area (Å²) in [5, 5.41) is 11.2. The molecular weight excluding hydrogens is 533 g/mol. The second-order valence-electron chi connectivity index (χ2n) is 8.26. The lowest BCUT2D eigenvalue weighted by atomic mass is 10.1. The summed E-state index contributed by atoms with van der Waals surface area (Å²) in [4.78, 5) is 29.6. The molecular formula is C22H23ClFN5O5S2. The number of thiophene rings is 1. The van der Waals surface area contributed by atoms with Crippen molar-refractivity contribution in [2.24, 2.45) is 0 Å². The van der Waals surface area contributed by atoms with Gasteiger partial charge >= 0.3 is 5.97 Å². The number of carbonyl (C=O) groups is 2. The SMILES string of the molecule is CN1C(C(=O)Nc2ccc(F)c(Cl)c2)CC(c2ccc(-c3cn(CCCC(=O)O)cn3)s2)NS1(=O)=O. The molecule has 0 aliphatic carbocycles. The number of rotatable bonds is 8. The Bertz CT molecular complexity index is 1390. The number of benzene rings is 1. The number of aliphatic carboxylic acids is 1. The molecule has 1 saturated heterocycles. The third kappa shape index (κ3) is 5.93. The molecule has 192 valence electrons. The van der Waals surface area contributed by atoms with Crippen LogP contribution in [0, 0.1) is 5.82 Å². The topological polar surface area (TPSA) is 134 Å². The minimum atomic E-state index is -3.95. The highest BCUT2D eigenvalue weighted by molar-refractivity contribution is 7.87. The molecule has 4 rings (SSSR count). The monoisotopic (exact) mass is 555 g/mol. The van der Waals surface area contributed by atoms with Gasteiger partial charge in [0, 0.05) is 36.8 Å². The van der Waals surface area contributed by atoms with Crippen molar-refractivity contribution in [1.29, 1.82) is 0 Å². The summed E-state index contributed by atoms with van der Waals surface area (Å²) in [5.74, 6) is -2.05. The van der Waals surface area contributed by atoms with E-state index in [-0.39, 0.29) is 23.6 Å². The Kier molecular flexibility index (Phi) is 7.76. The van der Waals surface area contributed by atoms with Crippen molar-refractivity contribution in [2.75, 3.05) is 12.4 Å². The molecule has 0 spiro atoms. The zero-order valence-electron chi connectivity index (χ0n) is 19.0. The fourth-order valence-electron chi connectivity index (χ4n) is 3.80. The van der Waals surface area contributed by atoms with E-state index in [9.17, 15) is 22.4 Å². The van der Waals surface area contributed by atoms with E-state index in [2.05, 4.69) is 15.0 Å². The average Bonchev–Trinajstić information content (AvgIpc) is 3.47. The molecule has 0 saturated carbocycles. The highest BCUT2D eigenvalue weighted by Crippen LogP contribution is 2.36. The Labute approximate surface area is 215 Å². The Morgan fingerprint density at radius 2 is 2.11 bits per heavy atom. The van der Waals surface area contributed by atoms with Gasteiger partial charge in [-0.1, -0.05) is 11.6 Å². The van der Waals surface area contributed by atoms with Crippen LogP contribution in [0.3, 0.4) is 0 Å². The van der Waals surface area contributed by atoms with Gasteiger partial charge in [-0.25, -0.2) is 9.37 Å². The maximum atomic E-state index is 13.4. The molecule has 14 heteroatoms. The number of nitrogens with zero attached hydrogens (tertiary/aromatic N) is 3. The molecule has 0 bridgehead atoms. The van der Waals surface area contributed by atoms with Crippen LogP contribution in [0.4, 0.5) is 10.1 Å². The van der Waals surface area contributed by atoms with Crippen molar-refractivity contribution in [1.82, 2.24) is 18.6 Å². The largest absolute Gasteiger partial charge is 0.481 e. The van der Waals surface area contributed by atoms with E-state index in [4.69, 9.17) is 16.7 Å². The number of carboxylic acid groups (broad SMARTS) is 1. The molecule has 1 aliphatic heterocycles. The number of aryl methyl sites for hydroxylation is 1. The van der Waals surface area contributed by atoms with Gasteiger partial charge in [-0.05, 0) is 43.2 Å². The minimum Gasteiger partial charge on any atom is -0.481 e. The second kappa shape index (κ2) is 10.6. The van der Waals surface area contributed by atoms with Gasteiger partial charge in [0.25, 0.3) is 10.2 Å². The van der Waals surface area contributed by atoms with Crippen LogP contribution in [0.1, 0.15) is 30.2 Å². The van der Waals surface area contributed by atoms with Crippen LogP contribution in [-0.2, 0) is 26.3 Å². The molecule has 3 aromatic rings. The highest BCUT2D eigenvalue weighted by atomic mass is 35.5. The van der Waals surface area contributed by atoms with Crippen LogP contribution < -0.4 is 10.0 Å². The van der Waals surface area contributed by atoms with Gasteiger partial charge in [-0.3, -0.25) is 9.59 Å². The molecule has 2 aromatic heterocycles. The van der Waals surface area contributed by atoms with Gasteiger partial charge < -0.3 is 15.0 Å². The smallest absolute Gasteiger partial charge is 0.303 e. The Hall–Kier alpha value is -2.84. The van der Waals surface area contributed by atoms with Crippen molar-refractivity contribution < 1.29 is 27.5 Å². The van der Waals surface area contributed by atoms with Gasteiger partial charge in [0.15, 0.2) is 0 Å². The Morgan fingerprint density at radius 1 is 1.33 bits per heavy atom. The summed E-state index contributed by atoms with van der Waals surface area (Å²) in [5.41, 5.74) is 0.935. The third-order valence-electron chi connectivity index (χ3n) is 5.72. The number of carboxylic acids is 1. The van der Waals surface area contributed by atoms with E-state index in [1.54, 1.807) is 23.2 Å². The zero-order chi connectivity index (χ0) is 26.0. The van der Waals surface area contributed by atoms with Crippen LogP contribution in [0.25, 0.3) is 10.6 Å². The van der Waals surface area contributed by atoms with Crippen molar-refractivity contribution in [3.8, 4) is 10.6 Å². The van der Waals surface area contributed by atoms with Gasteiger partial charge in [-0.15, -0.1) is 11.3 Å². The summed E-state index contributed by atoms with van der Waals surface area (Å²) >= 11 is 7.13. The molecule has 1 amide bonds. The maximum Gasteiger partial charge on any atom is 0.303 e. The van der Waals surface area contributed by atoms with Crippen molar-refractivity contribution in [2.45, 2.75) is 37.9 Å². The first kappa shape index (κ1) is 26.2. The molecule has 1 aliphatic rings. The van der Waals surface area contributed by atoms with E-state index in [0.29, 0.717) is 23.5 Å². The van der Waals surface area contributed by atoms with E-state index >= 15 is 0 Å². The lowest BCUT2D eigenvalue weighted by Gasteiger charge is -2.35. The van der Waals surface area contributed by atoms with Crippen LogP contribution in [0.15, 0.2) is 42.9 Å². The summed E-state index contributed by atoms with van der Waals surface area (Å²) < 4.78 is 44.4. The number of hydrogen-bond donors (Lipinski definition) is 3. The molecule has 2 unspecified atom stereocenters. The van der Waals surface area contributed by atoms with Gasteiger partial charge in [0.2, 0.25) is 5.91 Å². The Morgan fingerprint density at radius 3 is 2.83 bits per heavy atom. The summed E-state index contributed by atoms with van der Waals surface area (Å²) in [6.07, 6.45) is 4.14. The zero-order valence-corrected chi connectivity index (χ0v) is 21.4. The van der Waals surface area contributed by atoms with Crippen LogP contribution in [0.5, 0.6) is 0 Å². The summed E-state index contributed by atoms with van der Waals surface area (Å²) in [6, 6.07) is 5.68. The number of imidazole rings is 1. The maximum absolute atomic E-state index is 13.4. The second-order valence-corrected chi connectivity index (χ2v) is 11.5. The van der Waals surface area contributed by atoms with E-state index in [1.165, 1.54) is 30.5 Å². The number of hydrogen-bond acceptors (Lipinski definition) is 6. The lowest BCUT2D eigenvalue weighted by molar-refractivity contribution is -0.137. The molecule has 3 N–H and O–H groups in total. The van der Waals surface area contributed by atoms with Gasteiger partial charge in [0.1, 0.15) is 11.9 Å². The number of aromatic nitrogens is 2. The highest BCUT2D eigenvalue weighted by Gasteiger charge is 2.41. The molecule has 3 heterocycles. The van der Waals surface area contributed by atoms with Crippen molar-refractivity contribution in [3.63, 3.8) is 0 Å². The predicted octanol–water partition coefficient (Wildman–Crippen LogP) is 3.49.